The van der Waals surface area contributed by atoms with Gasteiger partial charge in [0.1, 0.15) is 11.9 Å². The van der Waals surface area contributed by atoms with Crippen LogP contribution in [-0.4, -0.2) is 65.8 Å². The van der Waals surface area contributed by atoms with Gasteiger partial charge in [0.15, 0.2) is 0 Å². The lowest BCUT2D eigenvalue weighted by atomic mass is 10.1. The quantitative estimate of drug-likeness (QED) is 0.624. The van der Waals surface area contributed by atoms with Crippen LogP contribution >= 0.6 is 23.4 Å². The smallest absolute Gasteiger partial charge is 0.251 e. The zero-order valence-electron chi connectivity index (χ0n) is 18.4. The van der Waals surface area contributed by atoms with Gasteiger partial charge in [-0.2, -0.15) is 11.8 Å². The molecule has 0 radical (unpaired) electrons. The van der Waals surface area contributed by atoms with Crippen molar-refractivity contribution in [3.05, 3.63) is 70.0 Å². The molecular formula is C24H29ClFN3O2S. The average molecular weight is 478 g/mol. The number of halogens is 2. The molecule has 1 unspecified atom stereocenters. The molecule has 8 heteroatoms. The van der Waals surface area contributed by atoms with Crippen molar-refractivity contribution in [1.82, 2.24) is 15.1 Å². The zero-order chi connectivity index (χ0) is 23.1. The Labute approximate surface area is 198 Å². The summed E-state index contributed by atoms with van der Waals surface area (Å²) in [6.07, 6.45) is 2.58. The number of aryl methyl sites for hydroxylation is 1. The number of benzene rings is 2. The number of rotatable bonds is 8. The van der Waals surface area contributed by atoms with E-state index in [1.165, 1.54) is 12.1 Å². The molecule has 1 atom stereocenters. The minimum atomic E-state index is -0.548. The predicted molar refractivity (Wildman–Crippen MR) is 129 cm³/mol. The van der Waals surface area contributed by atoms with E-state index in [-0.39, 0.29) is 17.6 Å². The molecule has 2 aromatic carbocycles. The number of hydrogen-bond donors (Lipinski definition) is 1. The molecule has 0 bridgehead atoms. The van der Waals surface area contributed by atoms with Gasteiger partial charge in [-0.3, -0.25) is 14.5 Å². The second kappa shape index (κ2) is 11.7. The van der Waals surface area contributed by atoms with Crippen LogP contribution in [0.2, 0.25) is 5.02 Å². The number of carbonyl (C=O) groups is 2. The molecule has 2 aromatic rings. The number of piperazine rings is 1. The van der Waals surface area contributed by atoms with E-state index in [0.717, 1.165) is 16.9 Å². The molecular weight excluding hydrogens is 449 g/mol. The van der Waals surface area contributed by atoms with Crippen molar-refractivity contribution in [2.45, 2.75) is 25.9 Å². The summed E-state index contributed by atoms with van der Waals surface area (Å²) in [5.74, 6) is 0.170. The van der Waals surface area contributed by atoms with Crippen LogP contribution in [0.5, 0.6) is 0 Å². The summed E-state index contributed by atoms with van der Waals surface area (Å²) in [6.45, 7) is 5.09. The molecule has 1 fully saturated rings. The third-order valence-corrected chi connectivity index (χ3v) is 6.58. The van der Waals surface area contributed by atoms with Gasteiger partial charge in [-0.1, -0.05) is 35.4 Å². The Balaban J connectivity index is 1.59. The van der Waals surface area contributed by atoms with Crippen molar-refractivity contribution in [3.63, 3.8) is 0 Å². The molecule has 2 amide bonds. The second-order valence-electron chi connectivity index (χ2n) is 8.01. The highest BCUT2D eigenvalue weighted by molar-refractivity contribution is 7.98. The van der Waals surface area contributed by atoms with Gasteiger partial charge in [0, 0.05) is 43.3 Å². The maximum Gasteiger partial charge on any atom is 0.251 e. The first kappa shape index (κ1) is 24.6. The SMILES string of the molecule is CSCCC(NC(=O)c1cccc(C)c1)C(=O)N1CCN(Cc2ccc(F)cc2Cl)CC1. The maximum absolute atomic E-state index is 13.3. The molecule has 172 valence electrons. The molecule has 3 rings (SSSR count). The monoisotopic (exact) mass is 477 g/mol. The van der Waals surface area contributed by atoms with Crippen molar-refractivity contribution < 1.29 is 14.0 Å². The molecule has 0 aliphatic carbocycles. The number of nitrogens with one attached hydrogen (secondary N) is 1. The number of carbonyl (C=O) groups excluding carboxylic acids is 2. The lowest BCUT2D eigenvalue weighted by molar-refractivity contribution is -0.135. The van der Waals surface area contributed by atoms with Gasteiger partial charge in [0.25, 0.3) is 5.91 Å². The summed E-state index contributed by atoms with van der Waals surface area (Å²) in [5, 5.41) is 3.36. The summed E-state index contributed by atoms with van der Waals surface area (Å²) in [4.78, 5) is 30.0. The summed E-state index contributed by atoms with van der Waals surface area (Å²) in [5.41, 5.74) is 2.44. The third kappa shape index (κ3) is 6.70. The lowest BCUT2D eigenvalue weighted by Crippen LogP contribution is -2.55. The third-order valence-electron chi connectivity index (χ3n) is 5.59. The van der Waals surface area contributed by atoms with Crippen LogP contribution in [0.25, 0.3) is 0 Å². The molecule has 1 N–H and O–H groups in total. The fraction of sp³-hybridized carbons (Fsp3) is 0.417. The Hall–Kier alpha value is -2.09. The van der Waals surface area contributed by atoms with E-state index in [1.807, 2.05) is 36.3 Å². The Kier molecular flexibility index (Phi) is 8.96. The minimum absolute atomic E-state index is 0.0421. The first-order chi connectivity index (χ1) is 15.4. The van der Waals surface area contributed by atoms with Crippen LogP contribution in [0.15, 0.2) is 42.5 Å². The Morgan fingerprint density at radius 2 is 1.91 bits per heavy atom. The van der Waals surface area contributed by atoms with Gasteiger partial charge in [0.2, 0.25) is 5.91 Å². The van der Waals surface area contributed by atoms with E-state index in [4.69, 9.17) is 11.6 Å². The van der Waals surface area contributed by atoms with Gasteiger partial charge in [0.05, 0.1) is 0 Å². The van der Waals surface area contributed by atoms with Crippen molar-refractivity contribution in [1.29, 1.82) is 0 Å². The molecule has 0 saturated carbocycles. The van der Waals surface area contributed by atoms with Crippen molar-refractivity contribution in [2.75, 3.05) is 38.2 Å². The summed E-state index contributed by atoms with van der Waals surface area (Å²) >= 11 is 7.81. The van der Waals surface area contributed by atoms with Crippen LogP contribution in [-0.2, 0) is 11.3 Å². The van der Waals surface area contributed by atoms with Gasteiger partial charge < -0.3 is 10.2 Å². The van der Waals surface area contributed by atoms with Crippen LogP contribution in [0.4, 0.5) is 4.39 Å². The first-order valence-electron chi connectivity index (χ1n) is 10.7. The van der Waals surface area contributed by atoms with Crippen LogP contribution < -0.4 is 5.32 Å². The fourth-order valence-electron chi connectivity index (χ4n) is 3.76. The maximum atomic E-state index is 13.3. The predicted octanol–water partition coefficient (Wildman–Crippen LogP) is 3.98. The molecule has 1 saturated heterocycles. The zero-order valence-corrected chi connectivity index (χ0v) is 20.0. The summed E-state index contributed by atoms with van der Waals surface area (Å²) < 4.78 is 13.3. The normalized spacial score (nSPS) is 15.4. The van der Waals surface area contributed by atoms with Crippen LogP contribution in [0.3, 0.4) is 0 Å². The van der Waals surface area contributed by atoms with Gasteiger partial charge in [-0.15, -0.1) is 0 Å². The van der Waals surface area contributed by atoms with Gasteiger partial charge in [-0.05, 0) is 55.2 Å². The van der Waals surface area contributed by atoms with E-state index in [9.17, 15) is 14.0 Å². The highest BCUT2D eigenvalue weighted by Gasteiger charge is 2.29. The van der Waals surface area contributed by atoms with Gasteiger partial charge >= 0.3 is 0 Å². The van der Waals surface area contributed by atoms with Crippen molar-refractivity contribution >= 4 is 35.2 Å². The second-order valence-corrected chi connectivity index (χ2v) is 9.41. The first-order valence-corrected chi connectivity index (χ1v) is 12.5. The Morgan fingerprint density at radius 3 is 2.56 bits per heavy atom. The molecule has 0 spiro atoms. The molecule has 0 aromatic heterocycles. The van der Waals surface area contributed by atoms with E-state index in [1.54, 1.807) is 23.9 Å². The van der Waals surface area contributed by atoms with Crippen molar-refractivity contribution in [3.8, 4) is 0 Å². The van der Waals surface area contributed by atoms with Gasteiger partial charge in [-0.25, -0.2) is 4.39 Å². The van der Waals surface area contributed by atoms with Crippen LogP contribution in [0, 0.1) is 12.7 Å². The summed E-state index contributed by atoms with van der Waals surface area (Å²) in [7, 11) is 0. The standard InChI is InChI=1S/C24H29ClFN3O2S/c1-17-4-3-5-18(14-17)23(30)27-22(8-13-32-2)24(31)29-11-9-28(10-12-29)16-19-6-7-20(26)15-21(19)25/h3-7,14-15,22H,8-13,16H2,1-2H3,(H,27,30). The Bertz CT molecular complexity index is 951. The van der Waals surface area contributed by atoms with Crippen molar-refractivity contribution in [2.24, 2.45) is 0 Å². The minimum Gasteiger partial charge on any atom is -0.340 e. The van der Waals surface area contributed by atoms with Crippen LogP contribution in [0.1, 0.15) is 27.9 Å². The topological polar surface area (TPSA) is 52.7 Å². The van der Waals surface area contributed by atoms with E-state index in [0.29, 0.717) is 49.7 Å². The number of amides is 2. The van der Waals surface area contributed by atoms with E-state index in [2.05, 4.69) is 10.2 Å². The molecule has 32 heavy (non-hydrogen) atoms. The highest BCUT2D eigenvalue weighted by atomic mass is 35.5. The summed E-state index contributed by atoms with van der Waals surface area (Å²) in [6, 6.07) is 11.3. The molecule has 1 heterocycles. The number of thioether (sulfide) groups is 1. The fourth-order valence-corrected chi connectivity index (χ4v) is 4.46. The number of hydrogen-bond acceptors (Lipinski definition) is 4. The average Bonchev–Trinajstić information content (AvgIpc) is 2.78. The Morgan fingerprint density at radius 1 is 1.16 bits per heavy atom. The molecule has 1 aliphatic rings. The van der Waals surface area contributed by atoms with E-state index < -0.39 is 6.04 Å². The molecule has 5 nitrogen and oxygen atoms in total. The number of nitrogens with zero attached hydrogens (tertiary/aromatic N) is 2. The molecule has 1 aliphatic heterocycles. The largest absolute Gasteiger partial charge is 0.340 e. The highest BCUT2D eigenvalue weighted by Crippen LogP contribution is 2.20. The van der Waals surface area contributed by atoms with E-state index >= 15 is 0 Å². The lowest BCUT2D eigenvalue weighted by Gasteiger charge is -2.36.